The van der Waals surface area contributed by atoms with Gasteiger partial charge in [-0.15, -0.1) is 0 Å². The predicted octanol–water partition coefficient (Wildman–Crippen LogP) is 6.74. The number of rotatable bonds is 6. The van der Waals surface area contributed by atoms with E-state index in [4.69, 9.17) is 21.3 Å². The highest BCUT2D eigenvalue weighted by Crippen LogP contribution is 2.33. The van der Waals surface area contributed by atoms with Gasteiger partial charge in [0.25, 0.3) is 0 Å². The van der Waals surface area contributed by atoms with Gasteiger partial charge in [0.15, 0.2) is 0 Å². The molecule has 0 bridgehead atoms. The Kier molecular flexibility index (Phi) is 7.51. The van der Waals surface area contributed by atoms with Crippen LogP contribution in [-0.4, -0.2) is 45.5 Å². The molecule has 0 atom stereocenters. The van der Waals surface area contributed by atoms with Crippen LogP contribution in [0.25, 0.3) is 11.0 Å². The monoisotopic (exact) mass is 546 g/mol. The van der Waals surface area contributed by atoms with E-state index in [1.54, 1.807) is 18.3 Å². The molecule has 1 fully saturated rings. The van der Waals surface area contributed by atoms with Crippen LogP contribution in [0.4, 0.5) is 17.5 Å². The summed E-state index contributed by atoms with van der Waals surface area (Å²) in [5.74, 6) is 2.46. The van der Waals surface area contributed by atoms with Gasteiger partial charge in [-0.2, -0.15) is 0 Å². The number of anilines is 3. The molecule has 1 aliphatic rings. The third-order valence-electron chi connectivity index (χ3n) is 7.19. The zero-order valence-corrected chi connectivity index (χ0v) is 23.8. The van der Waals surface area contributed by atoms with Crippen LogP contribution in [0.5, 0.6) is 11.5 Å². The molecule has 8 nitrogen and oxygen atoms in total. The first-order chi connectivity index (χ1) is 18.6. The molecule has 5 rings (SSSR count). The van der Waals surface area contributed by atoms with E-state index in [0.29, 0.717) is 23.3 Å². The van der Waals surface area contributed by atoms with E-state index < -0.39 is 0 Å². The van der Waals surface area contributed by atoms with Crippen LogP contribution in [0.1, 0.15) is 39.2 Å². The molecule has 0 saturated carbocycles. The van der Waals surface area contributed by atoms with Crippen LogP contribution in [-0.2, 0) is 17.3 Å². The molecular formula is C30H35ClN6O2. The maximum absolute atomic E-state index is 12.7. The normalized spacial score (nSPS) is 14.9. The average Bonchev–Trinajstić information content (AvgIpc) is 3.19. The Morgan fingerprint density at radius 1 is 1.03 bits per heavy atom. The molecule has 3 heterocycles. The Labute approximate surface area is 234 Å². The number of likely N-dealkylation sites (tertiary alicyclic amines) is 1. The van der Waals surface area contributed by atoms with Crippen molar-refractivity contribution < 1.29 is 9.53 Å². The lowest BCUT2D eigenvalue weighted by Gasteiger charge is -2.27. The van der Waals surface area contributed by atoms with E-state index >= 15 is 0 Å². The number of ether oxygens (including phenoxy) is 1. The average molecular weight is 547 g/mol. The van der Waals surface area contributed by atoms with Crippen LogP contribution >= 0.6 is 11.6 Å². The minimum absolute atomic E-state index is 0.00913. The number of fused-ring (bicyclic) bond motifs is 1. The molecule has 4 aromatic rings. The molecular weight excluding hydrogens is 512 g/mol. The minimum Gasteiger partial charge on any atom is -0.457 e. The Hall–Kier alpha value is -3.62. The number of halogens is 1. The van der Waals surface area contributed by atoms with Gasteiger partial charge >= 0.3 is 0 Å². The van der Waals surface area contributed by atoms with Crippen molar-refractivity contribution >= 4 is 46.0 Å². The number of carbonyl (C=O) groups excluding carboxylic acids is 1. The van der Waals surface area contributed by atoms with Gasteiger partial charge in [-0.3, -0.25) is 4.79 Å². The summed E-state index contributed by atoms with van der Waals surface area (Å²) in [4.78, 5) is 24.1. The zero-order valence-electron chi connectivity index (χ0n) is 23.1. The number of hydrogen-bond donors (Lipinski definition) is 2. The molecule has 204 valence electrons. The van der Waals surface area contributed by atoms with Crippen LogP contribution in [0.2, 0.25) is 5.02 Å². The van der Waals surface area contributed by atoms with Gasteiger partial charge in [-0.05, 0) is 80.4 Å². The molecule has 1 amide bonds. The van der Waals surface area contributed by atoms with Gasteiger partial charge in [-0.1, -0.05) is 32.4 Å². The summed E-state index contributed by atoms with van der Waals surface area (Å²) in [5.41, 5.74) is 3.69. The van der Waals surface area contributed by atoms with E-state index in [2.05, 4.69) is 54.4 Å². The van der Waals surface area contributed by atoms with Gasteiger partial charge in [0.2, 0.25) is 11.9 Å². The molecule has 0 aliphatic carbocycles. The summed E-state index contributed by atoms with van der Waals surface area (Å²) in [7, 11) is 4.05. The van der Waals surface area contributed by atoms with E-state index in [9.17, 15) is 4.79 Å². The van der Waals surface area contributed by atoms with Crippen LogP contribution in [0.15, 0.2) is 54.7 Å². The molecule has 1 aliphatic heterocycles. The number of amides is 1. The van der Waals surface area contributed by atoms with Crippen LogP contribution in [0, 0.1) is 5.92 Å². The summed E-state index contributed by atoms with van der Waals surface area (Å²) < 4.78 is 8.13. The van der Waals surface area contributed by atoms with E-state index in [1.807, 2.05) is 41.9 Å². The lowest BCUT2D eigenvalue weighted by atomic mass is 9.87. The Morgan fingerprint density at radius 3 is 2.51 bits per heavy atom. The number of pyridine rings is 1. The van der Waals surface area contributed by atoms with Crippen molar-refractivity contribution in [2.24, 2.45) is 13.0 Å². The quantitative estimate of drug-likeness (QED) is 0.279. The van der Waals surface area contributed by atoms with Crippen molar-refractivity contribution in [1.82, 2.24) is 19.4 Å². The van der Waals surface area contributed by atoms with Crippen molar-refractivity contribution in [3.63, 3.8) is 0 Å². The highest BCUT2D eigenvalue weighted by atomic mass is 35.5. The van der Waals surface area contributed by atoms with Crippen molar-refractivity contribution in [2.75, 3.05) is 30.8 Å². The summed E-state index contributed by atoms with van der Waals surface area (Å²) >= 11 is 6.45. The number of nitrogens with zero attached hydrogens (tertiary/aromatic N) is 4. The Morgan fingerprint density at radius 2 is 1.77 bits per heavy atom. The molecule has 0 unspecified atom stereocenters. The number of aryl methyl sites for hydroxylation is 1. The van der Waals surface area contributed by atoms with Crippen LogP contribution < -0.4 is 15.4 Å². The van der Waals surface area contributed by atoms with Gasteiger partial charge in [0.05, 0.1) is 11.0 Å². The zero-order chi connectivity index (χ0) is 27.7. The van der Waals surface area contributed by atoms with E-state index in [-0.39, 0.29) is 17.2 Å². The van der Waals surface area contributed by atoms with Gasteiger partial charge < -0.3 is 24.8 Å². The first-order valence-electron chi connectivity index (χ1n) is 13.2. The second-order valence-electron chi connectivity index (χ2n) is 11.3. The third-order valence-corrected chi connectivity index (χ3v) is 7.52. The molecule has 2 N–H and O–H groups in total. The molecule has 0 spiro atoms. The predicted molar refractivity (Wildman–Crippen MR) is 157 cm³/mol. The number of benzene rings is 2. The SMILES string of the molecule is CN1CCC(C(=O)Nc2cc(Oc3ccc4c(c3)nc(Nc3ccc(Cl)c(C(C)(C)C)c3)n4C)ccn2)CC1. The Balaban J connectivity index is 1.30. The molecule has 0 radical (unpaired) electrons. The van der Waals surface area contributed by atoms with Crippen molar-refractivity contribution in [3.05, 3.63) is 65.3 Å². The van der Waals surface area contributed by atoms with E-state index in [0.717, 1.165) is 53.2 Å². The minimum atomic E-state index is -0.0735. The fourth-order valence-electron chi connectivity index (χ4n) is 4.84. The smallest absolute Gasteiger partial charge is 0.228 e. The number of piperidine rings is 1. The van der Waals surface area contributed by atoms with Crippen molar-refractivity contribution in [3.8, 4) is 11.5 Å². The summed E-state index contributed by atoms with van der Waals surface area (Å²) in [5, 5.41) is 7.13. The topological polar surface area (TPSA) is 84.3 Å². The van der Waals surface area contributed by atoms with Crippen molar-refractivity contribution in [1.29, 1.82) is 0 Å². The highest BCUT2D eigenvalue weighted by Gasteiger charge is 2.24. The second-order valence-corrected chi connectivity index (χ2v) is 11.7. The lowest BCUT2D eigenvalue weighted by molar-refractivity contribution is -0.121. The largest absolute Gasteiger partial charge is 0.457 e. The summed E-state index contributed by atoms with van der Waals surface area (Å²) in [6, 6.07) is 15.3. The number of imidazole rings is 1. The number of nitrogens with one attached hydrogen (secondary N) is 2. The molecule has 9 heteroatoms. The molecule has 2 aromatic carbocycles. The molecule has 1 saturated heterocycles. The summed E-state index contributed by atoms with van der Waals surface area (Å²) in [6.45, 7) is 8.29. The Bertz CT molecular complexity index is 1500. The van der Waals surface area contributed by atoms with Crippen LogP contribution in [0.3, 0.4) is 0 Å². The third kappa shape index (κ3) is 6.18. The standard InChI is InChI=1S/C30H35ClN6O2/c1-30(2,3)23-16-20(6-8-24(23)31)33-29-34-25-17-21(7-9-26(25)37(29)5)39-22-10-13-32-27(18-22)35-28(38)19-11-14-36(4)15-12-19/h6-10,13,16-19H,11-12,14-15H2,1-5H3,(H,33,34)(H,32,35,38). The first kappa shape index (κ1) is 27.0. The van der Waals surface area contributed by atoms with Gasteiger partial charge in [0, 0.05) is 42.0 Å². The summed E-state index contributed by atoms with van der Waals surface area (Å²) in [6.07, 6.45) is 3.35. The maximum Gasteiger partial charge on any atom is 0.228 e. The first-order valence-corrected chi connectivity index (χ1v) is 13.6. The van der Waals surface area contributed by atoms with Gasteiger partial charge in [-0.25, -0.2) is 9.97 Å². The fraction of sp³-hybridized carbons (Fsp3) is 0.367. The second kappa shape index (κ2) is 10.9. The fourth-order valence-corrected chi connectivity index (χ4v) is 5.24. The molecule has 39 heavy (non-hydrogen) atoms. The van der Waals surface area contributed by atoms with E-state index in [1.165, 1.54) is 0 Å². The molecule has 2 aromatic heterocycles. The highest BCUT2D eigenvalue weighted by molar-refractivity contribution is 6.31. The van der Waals surface area contributed by atoms with Crippen molar-refractivity contribution in [2.45, 2.75) is 39.0 Å². The number of hydrogen-bond acceptors (Lipinski definition) is 6. The van der Waals surface area contributed by atoms with Gasteiger partial charge in [0.1, 0.15) is 17.3 Å². The lowest BCUT2D eigenvalue weighted by Crippen LogP contribution is -2.36. The number of carbonyl (C=O) groups is 1. The number of aromatic nitrogens is 3. The maximum atomic E-state index is 12.7.